The van der Waals surface area contributed by atoms with E-state index in [-0.39, 0.29) is 42.0 Å². The van der Waals surface area contributed by atoms with Crippen LogP contribution in [0.5, 0.6) is 11.5 Å². The van der Waals surface area contributed by atoms with E-state index in [1.54, 1.807) is 42.5 Å². The van der Waals surface area contributed by atoms with Gasteiger partial charge in [-0.05, 0) is 61.6 Å². The molecular formula is C36H29BrCl2N2O7. The molecule has 3 aromatic carbocycles. The van der Waals surface area contributed by atoms with Crippen LogP contribution in [-0.2, 0) is 25.8 Å². The zero-order chi connectivity index (χ0) is 34.1. The molecule has 0 spiro atoms. The lowest BCUT2D eigenvalue weighted by Crippen LogP contribution is -2.60. The molecular weight excluding hydrogens is 723 g/mol. The van der Waals surface area contributed by atoms with E-state index in [1.807, 2.05) is 30.3 Å². The number of nitrogens with zero attached hydrogens (tertiary/aromatic N) is 2. The SMILES string of the molecule is CC(=O)c1ccc(N2C(=O)C3CC=C4C(CC5(Cl)C(=O)N(CBr)C(=O)C5(Cl)C4c4ccc(OCc5ccccc5)cc4O)C3C2=O)cc1. The number of carbonyl (C=O) groups excluding carboxylic acids is 5. The number of carbonyl (C=O) groups is 5. The summed E-state index contributed by atoms with van der Waals surface area (Å²) in [5, 5.41) is 11.5. The maximum Gasteiger partial charge on any atom is 0.254 e. The van der Waals surface area contributed by atoms with Crippen molar-refractivity contribution in [2.75, 3.05) is 10.4 Å². The molecule has 246 valence electrons. The summed E-state index contributed by atoms with van der Waals surface area (Å²) in [6, 6.07) is 20.4. The summed E-state index contributed by atoms with van der Waals surface area (Å²) in [6.07, 6.45) is 1.80. The van der Waals surface area contributed by atoms with Crippen molar-refractivity contribution in [3.63, 3.8) is 0 Å². The number of alkyl halides is 3. The van der Waals surface area contributed by atoms with Crippen molar-refractivity contribution in [3.8, 4) is 11.5 Å². The number of phenolic OH excluding ortho intramolecular Hbond substituents is 1. The highest BCUT2D eigenvalue weighted by Gasteiger charge is 2.76. The number of benzene rings is 3. The van der Waals surface area contributed by atoms with Gasteiger partial charge in [0.05, 0.1) is 23.0 Å². The smallest absolute Gasteiger partial charge is 0.254 e. The molecule has 0 bridgehead atoms. The number of ether oxygens (including phenoxy) is 1. The Morgan fingerprint density at radius 3 is 2.31 bits per heavy atom. The molecule has 0 radical (unpaired) electrons. The van der Waals surface area contributed by atoms with Gasteiger partial charge in [0.1, 0.15) is 18.1 Å². The van der Waals surface area contributed by atoms with E-state index in [9.17, 15) is 29.1 Å². The van der Waals surface area contributed by atoms with E-state index >= 15 is 0 Å². The fourth-order valence-corrected chi connectivity index (χ4v) is 9.21. The highest BCUT2D eigenvalue weighted by molar-refractivity contribution is 9.09. The first-order valence-corrected chi connectivity index (χ1v) is 17.3. The summed E-state index contributed by atoms with van der Waals surface area (Å²) >= 11 is 17.8. The molecule has 4 amide bonds. The van der Waals surface area contributed by atoms with E-state index in [0.717, 1.165) is 15.4 Å². The predicted octanol–water partition coefficient (Wildman–Crippen LogP) is 6.09. The molecule has 12 heteroatoms. The lowest BCUT2D eigenvalue weighted by atomic mass is 9.56. The summed E-state index contributed by atoms with van der Waals surface area (Å²) in [4.78, 5) is 65.8. The number of ketones is 1. The zero-order valence-electron chi connectivity index (χ0n) is 25.6. The molecule has 2 heterocycles. The molecule has 48 heavy (non-hydrogen) atoms. The third-order valence-corrected chi connectivity index (χ3v) is 12.0. The van der Waals surface area contributed by atoms with Crippen molar-refractivity contribution in [1.82, 2.24) is 4.90 Å². The molecule has 7 rings (SSSR count). The Balaban J connectivity index is 1.30. The zero-order valence-corrected chi connectivity index (χ0v) is 28.7. The summed E-state index contributed by atoms with van der Waals surface area (Å²) in [6.45, 7) is 1.68. The van der Waals surface area contributed by atoms with Gasteiger partial charge in [0, 0.05) is 23.1 Å². The van der Waals surface area contributed by atoms with E-state index in [2.05, 4.69) is 15.9 Å². The van der Waals surface area contributed by atoms with Gasteiger partial charge in [-0.3, -0.25) is 33.8 Å². The molecule has 2 aliphatic heterocycles. The normalized spacial score (nSPS) is 29.4. The van der Waals surface area contributed by atoms with Crippen LogP contribution in [-0.4, -0.2) is 54.6 Å². The number of halogens is 3. The molecule has 4 aliphatic rings. The molecule has 1 N–H and O–H groups in total. The molecule has 2 saturated heterocycles. The largest absolute Gasteiger partial charge is 0.508 e. The summed E-state index contributed by atoms with van der Waals surface area (Å²) in [7, 11) is 0. The number of rotatable bonds is 7. The minimum Gasteiger partial charge on any atom is -0.508 e. The molecule has 6 unspecified atom stereocenters. The highest BCUT2D eigenvalue weighted by atomic mass is 79.9. The van der Waals surface area contributed by atoms with E-state index in [0.29, 0.717) is 22.6 Å². The highest BCUT2D eigenvalue weighted by Crippen LogP contribution is 2.66. The Morgan fingerprint density at radius 2 is 1.67 bits per heavy atom. The van der Waals surface area contributed by atoms with Crippen molar-refractivity contribution in [2.24, 2.45) is 17.8 Å². The first-order valence-electron chi connectivity index (χ1n) is 15.4. The number of aromatic hydroxyl groups is 1. The predicted molar refractivity (Wildman–Crippen MR) is 181 cm³/mol. The van der Waals surface area contributed by atoms with Crippen molar-refractivity contribution in [2.45, 2.75) is 42.0 Å². The lowest BCUT2D eigenvalue weighted by molar-refractivity contribution is -0.138. The molecule has 3 aromatic rings. The third-order valence-electron chi connectivity index (χ3n) is 10.1. The van der Waals surface area contributed by atoms with E-state index in [4.69, 9.17) is 27.9 Å². The molecule has 3 fully saturated rings. The average molecular weight is 752 g/mol. The topological polar surface area (TPSA) is 121 Å². The summed E-state index contributed by atoms with van der Waals surface area (Å²) < 4.78 is 5.91. The number of amides is 4. The van der Waals surface area contributed by atoms with Crippen LogP contribution in [0.4, 0.5) is 5.69 Å². The Labute approximate surface area is 294 Å². The number of anilines is 1. The van der Waals surface area contributed by atoms with Crippen molar-refractivity contribution in [1.29, 1.82) is 0 Å². The molecule has 2 aliphatic carbocycles. The molecule has 1 saturated carbocycles. The molecule has 0 aromatic heterocycles. The Hall–Kier alpha value is -3.99. The van der Waals surface area contributed by atoms with Gasteiger partial charge in [0.15, 0.2) is 15.5 Å². The van der Waals surface area contributed by atoms with Crippen molar-refractivity contribution >= 4 is 74.2 Å². The van der Waals surface area contributed by atoms with Crippen LogP contribution >= 0.6 is 39.1 Å². The van der Waals surface area contributed by atoms with Gasteiger partial charge in [-0.2, -0.15) is 0 Å². The Bertz CT molecular complexity index is 1920. The monoisotopic (exact) mass is 750 g/mol. The second kappa shape index (κ2) is 11.9. The minimum atomic E-state index is -2.05. The van der Waals surface area contributed by atoms with Gasteiger partial charge in [-0.15, -0.1) is 23.2 Å². The standard InChI is InChI=1S/C36H29BrCl2N2O7/c1-19(42)21-7-9-22(10-8-21)41-31(44)26-14-13-24-27(29(26)32(41)45)16-35(38)33(46)40(18-37)34(47)36(35,39)30(24)25-12-11-23(15-28(25)43)48-17-20-5-3-2-4-6-20/h2-13,15,26-27,29-30,43H,14,16-18H2,1H3. The minimum absolute atomic E-state index is 0.152. The average Bonchev–Trinajstić information content (AvgIpc) is 3.42. The molecule has 9 nitrogen and oxygen atoms in total. The number of hydrogen-bond acceptors (Lipinski definition) is 7. The van der Waals surface area contributed by atoms with Crippen molar-refractivity contribution in [3.05, 3.63) is 101 Å². The van der Waals surface area contributed by atoms with Crippen LogP contribution in [0.1, 0.15) is 47.2 Å². The first kappa shape index (κ1) is 32.6. The fourth-order valence-electron chi connectivity index (χ4n) is 7.80. The Morgan fingerprint density at radius 1 is 0.958 bits per heavy atom. The lowest BCUT2D eigenvalue weighted by Gasteiger charge is -2.50. The second-order valence-electron chi connectivity index (χ2n) is 12.6. The van der Waals surface area contributed by atoms with Crippen LogP contribution in [0, 0.1) is 17.8 Å². The van der Waals surface area contributed by atoms with Crippen LogP contribution in [0.3, 0.4) is 0 Å². The van der Waals surface area contributed by atoms with Gasteiger partial charge in [-0.25, -0.2) is 0 Å². The number of likely N-dealkylation sites (tertiary alicyclic amines) is 1. The Kier molecular flexibility index (Phi) is 8.04. The van der Waals surface area contributed by atoms with Gasteiger partial charge < -0.3 is 9.84 Å². The second-order valence-corrected chi connectivity index (χ2v) is 14.3. The van der Waals surface area contributed by atoms with Gasteiger partial charge in [0.25, 0.3) is 11.8 Å². The van der Waals surface area contributed by atoms with Crippen molar-refractivity contribution < 1.29 is 33.8 Å². The number of phenols is 1. The third kappa shape index (κ3) is 4.67. The van der Waals surface area contributed by atoms with Gasteiger partial charge >= 0.3 is 0 Å². The maximum absolute atomic E-state index is 14.2. The molecule has 6 atom stereocenters. The van der Waals surface area contributed by atoms with Gasteiger partial charge in [-0.1, -0.05) is 64.0 Å². The quantitative estimate of drug-likeness (QED) is 0.102. The number of hydrogen-bond donors (Lipinski definition) is 1. The van der Waals surface area contributed by atoms with Crippen LogP contribution in [0.15, 0.2) is 84.4 Å². The van der Waals surface area contributed by atoms with Crippen LogP contribution in [0.25, 0.3) is 0 Å². The number of fused-ring (bicyclic) bond motifs is 4. The first-order chi connectivity index (χ1) is 22.9. The van der Waals surface area contributed by atoms with Crippen LogP contribution < -0.4 is 9.64 Å². The maximum atomic E-state index is 14.2. The van der Waals surface area contributed by atoms with Gasteiger partial charge in [0.2, 0.25) is 11.8 Å². The number of allylic oxidation sites excluding steroid dienone is 2. The summed E-state index contributed by atoms with van der Waals surface area (Å²) in [5.41, 5.74) is 2.33. The van der Waals surface area contributed by atoms with E-state index < -0.39 is 57.0 Å². The van der Waals surface area contributed by atoms with E-state index in [1.165, 1.54) is 13.0 Å². The van der Waals surface area contributed by atoms with Crippen LogP contribution in [0.2, 0.25) is 0 Å². The summed E-state index contributed by atoms with van der Waals surface area (Å²) in [5.74, 6) is -5.86. The number of Topliss-reactive ketones (excluding diaryl/α,β-unsaturated/α-hetero) is 1. The number of imide groups is 2. The fraction of sp³-hybridized carbons (Fsp3) is 0.306.